The van der Waals surface area contributed by atoms with Crippen LogP contribution in [-0.2, 0) is 15.8 Å². The maximum absolute atomic E-state index is 14.1. The average Bonchev–Trinajstić information content (AvgIpc) is 3.54. The van der Waals surface area contributed by atoms with Crippen LogP contribution >= 0.6 is 11.6 Å². The highest BCUT2D eigenvalue weighted by atomic mass is 35.5. The molecule has 0 unspecified atom stereocenters. The first-order valence-electron chi connectivity index (χ1n) is 12.2. The number of anilines is 3. The SMILES string of the molecule is CC(=O)Nc1ccc(-c2cc3onc(C(=O)Nc4ccc(Cl)cc4-c4noc(=O)[nH]4)c3cc2NC(C)=O)c(C(F)(F)F)c1. The van der Waals surface area contributed by atoms with Gasteiger partial charge in [-0.3, -0.25) is 23.9 Å². The molecule has 43 heavy (non-hydrogen) atoms. The molecule has 3 amide bonds. The zero-order valence-electron chi connectivity index (χ0n) is 22.0. The molecule has 0 aliphatic rings. The third-order valence-corrected chi connectivity index (χ3v) is 6.23. The fourth-order valence-corrected chi connectivity index (χ4v) is 4.48. The van der Waals surface area contributed by atoms with Crippen LogP contribution in [0.4, 0.5) is 30.2 Å². The van der Waals surface area contributed by atoms with Gasteiger partial charge in [0.1, 0.15) is 0 Å². The monoisotopic (exact) mass is 614 g/mol. The number of aromatic nitrogens is 3. The first-order chi connectivity index (χ1) is 20.3. The number of amides is 3. The van der Waals surface area contributed by atoms with Crippen LogP contribution in [0.5, 0.6) is 0 Å². The van der Waals surface area contributed by atoms with E-state index in [4.69, 9.17) is 16.1 Å². The van der Waals surface area contributed by atoms with Gasteiger partial charge < -0.3 is 20.5 Å². The molecule has 5 aromatic rings. The normalized spacial score (nSPS) is 11.4. The Bertz CT molecular complexity index is 1980. The van der Waals surface area contributed by atoms with Gasteiger partial charge in [-0.05, 0) is 48.0 Å². The number of alkyl halides is 3. The number of aromatic amines is 1. The summed E-state index contributed by atoms with van der Waals surface area (Å²) in [6, 6.07) is 9.98. The van der Waals surface area contributed by atoms with E-state index in [-0.39, 0.29) is 61.3 Å². The second-order valence-electron chi connectivity index (χ2n) is 9.13. The first kappa shape index (κ1) is 29.1. The Morgan fingerprint density at radius 1 is 0.837 bits per heavy atom. The summed E-state index contributed by atoms with van der Waals surface area (Å²) in [7, 11) is 0. The smallest absolute Gasteiger partial charge is 0.355 e. The topological polar surface area (TPSA) is 172 Å². The Balaban J connectivity index is 1.60. The van der Waals surface area contributed by atoms with Crippen molar-refractivity contribution >= 4 is 57.4 Å². The molecule has 0 fully saturated rings. The molecule has 2 aromatic heterocycles. The number of hydrogen-bond acceptors (Lipinski definition) is 8. The molecular formula is C27H18ClF3N6O6. The fourth-order valence-electron chi connectivity index (χ4n) is 4.31. The highest BCUT2D eigenvalue weighted by molar-refractivity contribution is 6.31. The fraction of sp³-hybridized carbons (Fsp3) is 0.111. The summed E-state index contributed by atoms with van der Waals surface area (Å²) in [5.74, 6) is -2.82. The van der Waals surface area contributed by atoms with Crippen LogP contribution < -0.4 is 21.7 Å². The van der Waals surface area contributed by atoms with Gasteiger partial charge in [0.15, 0.2) is 17.1 Å². The van der Waals surface area contributed by atoms with Gasteiger partial charge in [0.05, 0.1) is 16.6 Å². The van der Waals surface area contributed by atoms with Crippen LogP contribution in [0.25, 0.3) is 33.5 Å². The number of nitrogens with one attached hydrogen (secondary N) is 4. The van der Waals surface area contributed by atoms with E-state index < -0.39 is 35.2 Å². The van der Waals surface area contributed by atoms with E-state index in [1.54, 1.807) is 0 Å². The number of fused-ring (bicyclic) bond motifs is 1. The number of benzene rings is 3. The second-order valence-corrected chi connectivity index (χ2v) is 9.57. The predicted octanol–water partition coefficient (Wildman–Crippen LogP) is 5.68. The first-order valence-corrected chi connectivity index (χ1v) is 12.6. The van der Waals surface area contributed by atoms with Crippen LogP contribution in [0, 0.1) is 0 Å². The van der Waals surface area contributed by atoms with Gasteiger partial charge >= 0.3 is 11.9 Å². The van der Waals surface area contributed by atoms with E-state index in [1.165, 1.54) is 36.4 Å². The number of H-pyrrole nitrogens is 1. The van der Waals surface area contributed by atoms with E-state index in [1.807, 2.05) is 0 Å². The van der Waals surface area contributed by atoms with Gasteiger partial charge in [-0.1, -0.05) is 28.0 Å². The van der Waals surface area contributed by atoms with Crippen molar-refractivity contribution in [2.45, 2.75) is 20.0 Å². The third-order valence-electron chi connectivity index (χ3n) is 6.00. The second kappa shape index (κ2) is 11.1. The molecule has 2 heterocycles. The van der Waals surface area contributed by atoms with E-state index in [0.717, 1.165) is 26.0 Å². The zero-order valence-corrected chi connectivity index (χ0v) is 22.7. The molecule has 220 valence electrons. The van der Waals surface area contributed by atoms with Crippen molar-refractivity contribution in [2.75, 3.05) is 16.0 Å². The lowest BCUT2D eigenvalue weighted by molar-refractivity contribution is -0.137. The lowest BCUT2D eigenvalue weighted by atomic mass is 9.95. The lowest BCUT2D eigenvalue weighted by Crippen LogP contribution is -2.14. The van der Waals surface area contributed by atoms with Gasteiger partial charge in [-0.15, -0.1) is 0 Å². The molecule has 0 bridgehead atoms. The van der Waals surface area contributed by atoms with Crippen molar-refractivity contribution in [1.29, 1.82) is 0 Å². The van der Waals surface area contributed by atoms with E-state index in [9.17, 15) is 32.3 Å². The summed E-state index contributed by atoms with van der Waals surface area (Å²) < 4.78 is 52.2. The average molecular weight is 615 g/mol. The summed E-state index contributed by atoms with van der Waals surface area (Å²) >= 11 is 6.07. The van der Waals surface area contributed by atoms with Crippen molar-refractivity contribution in [3.63, 3.8) is 0 Å². The number of nitrogens with zero attached hydrogens (tertiary/aromatic N) is 2. The van der Waals surface area contributed by atoms with Gasteiger partial charge in [-0.2, -0.15) is 13.2 Å². The van der Waals surface area contributed by atoms with Gasteiger partial charge in [0.2, 0.25) is 11.8 Å². The largest absolute Gasteiger partial charge is 0.439 e. The Labute approximate surface area is 243 Å². The molecule has 0 saturated carbocycles. The molecule has 12 nitrogen and oxygen atoms in total. The molecular weight excluding hydrogens is 597 g/mol. The highest BCUT2D eigenvalue weighted by Crippen LogP contribution is 2.43. The minimum Gasteiger partial charge on any atom is -0.355 e. The van der Waals surface area contributed by atoms with Crippen molar-refractivity contribution in [2.24, 2.45) is 0 Å². The predicted molar refractivity (Wildman–Crippen MR) is 149 cm³/mol. The van der Waals surface area contributed by atoms with E-state index >= 15 is 0 Å². The Hall–Kier alpha value is -5.44. The van der Waals surface area contributed by atoms with Crippen LogP contribution in [0.3, 0.4) is 0 Å². The number of hydrogen-bond donors (Lipinski definition) is 4. The van der Waals surface area contributed by atoms with Crippen molar-refractivity contribution < 1.29 is 36.6 Å². The molecule has 0 aliphatic heterocycles. The Morgan fingerprint density at radius 3 is 2.23 bits per heavy atom. The summed E-state index contributed by atoms with van der Waals surface area (Å²) in [5, 5.41) is 15.1. The maximum atomic E-state index is 14.1. The van der Waals surface area contributed by atoms with Gasteiger partial charge in [0, 0.05) is 41.4 Å². The Kier molecular flexibility index (Phi) is 7.50. The summed E-state index contributed by atoms with van der Waals surface area (Å²) in [6.07, 6.45) is -4.84. The van der Waals surface area contributed by atoms with Crippen molar-refractivity contribution in [1.82, 2.24) is 15.3 Å². The minimum atomic E-state index is -4.84. The van der Waals surface area contributed by atoms with Crippen molar-refractivity contribution in [3.05, 3.63) is 75.4 Å². The van der Waals surface area contributed by atoms with Crippen LogP contribution in [0.1, 0.15) is 29.9 Å². The maximum Gasteiger partial charge on any atom is 0.439 e. The molecule has 0 atom stereocenters. The summed E-state index contributed by atoms with van der Waals surface area (Å²) in [6.45, 7) is 2.32. The van der Waals surface area contributed by atoms with Crippen LogP contribution in [0.2, 0.25) is 5.02 Å². The quantitative estimate of drug-likeness (QED) is 0.189. The number of carbonyl (C=O) groups excluding carboxylic acids is 3. The van der Waals surface area contributed by atoms with Gasteiger partial charge in [-0.25, -0.2) is 4.79 Å². The standard InChI is InChI=1S/C27H18ClF3N6O6/c1-11(38)32-14-4-5-15(19(8-14)27(29,30)31)16-10-22-18(9-21(16)33-12(2)39)23(36-42-22)25(40)34-20-6-3-13(28)7-17(20)24-35-26(41)43-37-24/h3-10H,1-2H3,(H,32,38)(H,33,39)(H,34,40)(H,35,37,41). The molecule has 3 aromatic carbocycles. The lowest BCUT2D eigenvalue weighted by Gasteiger charge is -2.17. The summed E-state index contributed by atoms with van der Waals surface area (Å²) in [4.78, 5) is 50.6. The van der Waals surface area contributed by atoms with Crippen LogP contribution in [-0.4, -0.2) is 33.0 Å². The number of halogens is 4. The van der Waals surface area contributed by atoms with Crippen LogP contribution in [0.15, 0.2) is 62.4 Å². The molecule has 0 aliphatic carbocycles. The van der Waals surface area contributed by atoms with E-state index in [0.29, 0.717) is 0 Å². The van der Waals surface area contributed by atoms with E-state index in [2.05, 4.69) is 35.8 Å². The molecule has 16 heteroatoms. The highest BCUT2D eigenvalue weighted by Gasteiger charge is 2.35. The van der Waals surface area contributed by atoms with Gasteiger partial charge in [0.25, 0.3) is 5.91 Å². The third kappa shape index (κ3) is 6.11. The zero-order chi connectivity index (χ0) is 31.1. The van der Waals surface area contributed by atoms with Crippen molar-refractivity contribution in [3.8, 4) is 22.5 Å². The molecule has 0 spiro atoms. The number of rotatable bonds is 6. The summed E-state index contributed by atoms with van der Waals surface area (Å²) in [5.41, 5.74) is -1.62. The Morgan fingerprint density at radius 2 is 1.58 bits per heavy atom. The molecule has 5 rings (SSSR count). The minimum absolute atomic E-state index is 0.0182. The molecule has 0 saturated heterocycles. The number of carbonyl (C=O) groups is 3. The molecule has 0 radical (unpaired) electrons. The molecule has 4 N–H and O–H groups in total.